The van der Waals surface area contributed by atoms with Crippen LogP contribution in [0.15, 0.2) is 24.9 Å². The van der Waals surface area contributed by atoms with E-state index in [1.165, 1.54) is 11.3 Å². The number of aromatic nitrogens is 5. The number of anilines is 2. The highest BCUT2D eigenvalue weighted by Gasteiger charge is 2.29. The van der Waals surface area contributed by atoms with Gasteiger partial charge < -0.3 is 19.3 Å². The van der Waals surface area contributed by atoms with Crippen molar-refractivity contribution in [2.75, 3.05) is 49.3 Å². The van der Waals surface area contributed by atoms with Crippen molar-refractivity contribution in [1.82, 2.24) is 25.1 Å². The van der Waals surface area contributed by atoms with Crippen LogP contribution in [0, 0.1) is 0 Å². The number of rotatable bonds is 4. The molecule has 9 nitrogen and oxygen atoms in total. The highest BCUT2D eigenvalue weighted by molar-refractivity contribution is 7.21. The third-order valence-corrected chi connectivity index (χ3v) is 6.25. The number of morpholine rings is 2. The SMILES string of the molecule is C=C[C@H]1COCCN1c1nc(N2CCOC[C@H]2C)c2nc(-c3cc[nH]n3)sc2n1. The van der Waals surface area contributed by atoms with Crippen molar-refractivity contribution >= 4 is 33.5 Å². The van der Waals surface area contributed by atoms with Gasteiger partial charge in [0.25, 0.3) is 0 Å². The van der Waals surface area contributed by atoms with Crippen LogP contribution in [-0.2, 0) is 9.47 Å². The summed E-state index contributed by atoms with van der Waals surface area (Å²) in [6.07, 6.45) is 3.69. The maximum absolute atomic E-state index is 5.63. The molecule has 0 aromatic carbocycles. The minimum absolute atomic E-state index is 0.0508. The molecule has 0 amide bonds. The van der Waals surface area contributed by atoms with Crippen molar-refractivity contribution in [3.05, 3.63) is 24.9 Å². The fourth-order valence-electron chi connectivity index (χ4n) is 3.72. The Morgan fingerprint density at radius 2 is 2.00 bits per heavy atom. The van der Waals surface area contributed by atoms with E-state index in [1.54, 1.807) is 6.20 Å². The molecule has 2 saturated heterocycles. The number of hydrogen-bond acceptors (Lipinski definition) is 9. The molecule has 0 radical (unpaired) electrons. The topological polar surface area (TPSA) is 92.3 Å². The van der Waals surface area contributed by atoms with Gasteiger partial charge in [-0.25, -0.2) is 4.98 Å². The molecule has 1 N–H and O–H groups in total. The van der Waals surface area contributed by atoms with Gasteiger partial charge in [0.05, 0.1) is 38.5 Å². The monoisotopic (exact) mass is 413 g/mol. The second kappa shape index (κ2) is 7.69. The van der Waals surface area contributed by atoms with Crippen LogP contribution in [0.25, 0.3) is 21.0 Å². The molecule has 29 heavy (non-hydrogen) atoms. The Hall–Kier alpha value is -2.56. The molecule has 3 aromatic rings. The number of fused-ring (bicyclic) bond motifs is 1. The van der Waals surface area contributed by atoms with Gasteiger partial charge in [0, 0.05) is 19.3 Å². The van der Waals surface area contributed by atoms with Crippen LogP contribution in [0.3, 0.4) is 0 Å². The normalized spacial score (nSPS) is 22.9. The van der Waals surface area contributed by atoms with Gasteiger partial charge in [-0.3, -0.25) is 5.10 Å². The van der Waals surface area contributed by atoms with E-state index in [1.807, 2.05) is 12.1 Å². The van der Waals surface area contributed by atoms with E-state index in [0.717, 1.165) is 40.0 Å². The maximum atomic E-state index is 5.63. The van der Waals surface area contributed by atoms with Crippen LogP contribution in [0.5, 0.6) is 0 Å². The molecule has 2 atom stereocenters. The fourth-order valence-corrected chi connectivity index (χ4v) is 4.62. The predicted octanol–water partition coefficient (Wildman–Crippen LogP) is 2.09. The quantitative estimate of drug-likeness (QED) is 0.650. The smallest absolute Gasteiger partial charge is 0.229 e. The summed E-state index contributed by atoms with van der Waals surface area (Å²) >= 11 is 1.54. The zero-order valence-electron chi connectivity index (χ0n) is 16.2. The fraction of sp³-hybridized carbons (Fsp3) is 0.474. The summed E-state index contributed by atoms with van der Waals surface area (Å²) in [7, 11) is 0. The Kier molecular flexibility index (Phi) is 4.90. The van der Waals surface area contributed by atoms with Crippen molar-refractivity contribution in [2.24, 2.45) is 0 Å². The first-order valence-electron chi connectivity index (χ1n) is 9.74. The van der Waals surface area contributed by atoms with Gasteiger partial charge in [-0.2, -0.15) is 15.1 Å². The summed E-state index contributed by atoms with van der Waals surface area (Å²) < 4.78 is 11.2. The van der Waals surface area contributed by atoms with Crippen LogP contribution in [0.1, 0.15) is 6.92 Å². The van der Waals surface area contributed by atoms with Crippen LogP contribution in [0.2, 0.25) is 0 Å². The Morgan fingerprint density at radius 3 is 2.76 bits per heavy atom. The molecular weight excluding hydrogens is 390 g/mol. The minimum Gasteiger partial charge on any atom is -0.377 e. The molecule has 0 unspecified atom stereocenters. The molecule has 2 aliphatic rings. The van der Waals surface area contributed by atoms with Crippen molar-refractivity contribution in [3.8, 4) is 10.7 Å². The molecule has 0 spiro atoms. The van der Waals surface area contributed by atoms with Gasteiger partial charge in [0.1, 0.15) is 16.2 Å². The third kappa shape index (κ3) is 3.37. The Balaban J connectivity index is 1.65. The number of thiazole rings is 1. The zero-order valence-corrected chi connectivity index (χ0v) is 17.1. The summed E-state index contributed by atoms with van der Waals surface area (Å²) in [4.78, 5) is 20.0. The van der Waals surface area contributed by atoms with Gasteiger partial charge in [-0.15, -0.1) is 6.58 Å². The van der Waals surface area contributed by atoms with Gasteiger partial charge in [0.15, 0.2) is 10.6 Å². The van der Waals surface area contributed by atoms with E-state index in [2.05, 4.69) is 33.5 Å². The van der Waals surface area contributed by atoms with Gasteiger partial charge in [-0.1, -0.05) is 17.4 Å². The first-order chi connectivity index (χ1) is 14.2. The second-order valence-corrected chi connectivity index (χ2v) is 8.15. The van der Waals surface area contributed by atoms with Crippen molar-refractivity contribution in [2.45, 2.75) is 19.0 Å². The Labute approximate surface area is 172 Å². The Morgan fingerprint density at radius 1 is 1.17 bits per heavy atom. The van der Waals surface area contributed by atoms with Crippen molar-refractivity contribution in [3.63, 3.8) is 0 Å². The molecule has 0 bridgehead atoms. The largest absolute Gasteiger partial charge is 0.377 e. The van der Waals surface area contributed by atoms with Crippen molar-refractivity contribution < 1.29 is 9.47 Å². The van der Waals surface area contributed by atoms with Crippen LogP contribution in [-0.4, -0.2) is 76.8 Å². The van der Waals surface area contributed by atoms with Gasteiger partial charge in [0.2, 0.25) is 5.95 Å². The highest BCUT2D eigenvalue weighted by Crippen LogP contribution is 2.35. The van der Waals surface area contributed by atoms with E-state index in [-0.39, 0.29) is 12.1 Å². The maximum Gasteiger partial charge on any atom is 0.229 e. The molecular formula is C19H23N7O2S. The van der Waals surface area contributed by atoms with E-state index < -0.39 is 0 Å². The number of ether oxygens (including phenoxy) is 2. The summed E-state index contributed by atoms with van der Waals surface area (Å²) in [5, 5.41) is 7.96. The molecule has 5 heterocycles. The molecule has 10 heteroatoms. The third-order valence-electron chi connectivity index (χ3n) is 5.28. The van der Waals surface area contributed by atoms with E-state index in [0.29, 0.717) is 32.4 Å². The number of hydrogen-bond donors (Lipinski definition) is 1. The molecule has 3 aromatic heterocycles. The van der Waals surface area contributed by atoms with Crippen LogP contribution >= 0.6 is 11.3 Å². The Bertz CT molecular complexity index is 1010. The lowest BCUT2D eigenvalue weighted by molar-refractivity contribution is 0.0985. The average molecular weight is 414 g/mol. The second-order valence-electron chi connectivity index (χ2n) is 7.17. The molecule has 0 aliphatic carbocycles. The van der Waals surface area contributed by atoms with Gasteiger partial charge in [-0.05, 0) is 13.0 Å². The number of nitrogens with one attached hydrogen (secondary N) is 1. The summed E-state index contributed by atoms with van der Waals surface area (Å²) in [6, 6.07) is 2.18. The average Bonchev–Trinajstić information content (AvgIpc) is 3.43. The summed E-state index contributed by atoms with van der Waals surface area (Å²) in [5.74, 6) is 1.55. The number of H-pyrrole nitrogens is 1. The molecule has 2 aliphatic heterocycles. The lowest BCUT2D eigenvalue weighted by Gasteiger charge is -2.36. The zero-order chi connectivity index (χ0) is 19.8. The van der Waals surface area contributed by atoms with Crippen LogP contribution < -0.4 is 9.80 Å². The molecule has 5 rings (SSSR count). The first-order valence-corrected chi connectivity index (χ1v) is 10.6. The molecule has 0 saturated carbocycles. The predicted molar refractivity (Wildman–Crippen MR) is 113 cm³/mol. The summed E-state index contributed by atoms with van der Waals surface area (Å²) in [6.45, 7) is 10.2. The van der Waals surface area contributed by atoms with E-state index >= 15 is 0 Å². The summed E-state index contributed by atoms with van der Waals surface area (Å²) in [5.41, 5.74) is 1.62. The standard InChI is InChI=1S/C19H23N7O2S/c1-3-13-11-28-9-7-26(13)19-22-16(25-6-8-27-10-12(25)2)15-18(23-19)29-17(21-15)14-4-5-20-24-14/h3-5,12-13H,1,6-11H2,2H3,(H,20,24)/t12-,13+/m1/s1. The highest BCUT2D eigenvalue weighted by atomic mass is 32.1. The lowest BCUT2D eigenvalue weighted by Crippen LogP contribution is -2.46. The first kappa shape index (κ1) is 18.5. The number of aromatic amines is 1. The van der Waals surface area contributed by atoms with E-state index in [4.69, 9.17) is 24.4 Å². The minimum atomic E-state index is 0.0508. The molecule has 2 fully saturated rings. The van der Waals surface area contributed by atoms with Crippen molar-refractivity contribution in [1.29, 1.82) is 0 Å². The lowest BCUT2D eigenvalue weighted by atomic mass is 10.2. The number of nitrogens with zero attached hydrogens (tertiary/aromatic N) is 6. The van der Waals surface area contributed by atoms with Crippen LogP contribution in [0.4, 0.5) is 11.8 Å². The van der Waals surface area contributed by atoms with Gasteiger partial charge >= 0.3 is 0 Å². The van der Waals surface area contributed by atoms with E-state index in [9.17, 15) is 0 Å². The molecule has 152 valence electrons.